The zero-order valence-electron chi connectivity index (χ0n) is 26.5. The Labute approximate surface area is 293 Å². The van der Waals surface area contributed by atoms with Gasteiger partial charge in [-0.25, -0.2) is 13.2 Å². The van der Waals surface area contributed by atoms with Gasteiger partial charge in [-0.1, -0.05) is 91.0 Å². The summed E-state index contributed by atoms with van der Waals surface area (Å²) < 4.78 is 158. The molecule has 0 radical (unpaired) electrons. The molecule has 4 aromatic carbocycles. The van der Waals surface area contributed by atoms with Gasteiger partial charge in [-0.05, 0) is 29.2 Å². The molecule has 1 heterocycles. The lowest BCUT2D eigenvalue weighted by atomic mass is 9.84. The van der Waals surface area contributed by atoms with Gasteiger partial charge in [0.25, 0.3) is 10.2 Å². The Hall–Kier alpha value is -3.57. The Bertz CT molecular complexity index is 1790. The summed E-state index contributed by atoms with van der Waals surface area (Å²) >= 11 is 1.14. The van der Waals surface area contributed by atoms with E-state index in [-0.39, 0.29) is 6.07 Å². The summed E-state index contributed by atoms with van der Waals surface area (Å²) in [6.45, 7) is -4.71. The highest BCUT2D eigenvalue weighted by Crippen LogP contribution is 2.54. The van der Waals surface area contributed by atoms with E-state index < -0.39 is 100 Å². The lowest BCUT2D eigenvalue weighted by molar-refractivity contribution is -0.162. The largest absolute Gasteiger partial charge is 0.402 e. The summed E-state index contributed by atoms with van der Waals surface area (Å²) in [5, 5.41) is -1.00. The van der Waals surface area contributed by atoms with Crippen LogP contribution in [0.15, 0.2) is 103 Å². The first kappa shape index (κ1) is 38.7. The number of hydrogen-bond donors (Lipinski definition) is 1. The smallest absolute Gasteiger partial charge is 0.375 e. The first-order chi connectivity index (χ1) is 23.9. The molecule has 1 saturated heterocycles. The average Bonchev–Trinajstić information content (AvgIpc) is 3.43. The molecule has 0 saturated carbocycles. The summed E-state index contributed by atoms with van der Waals surface area (Å²) in [5.41, 5.74) is -1.04. The predicted octanol–water partition coefficient (Wildman–Crippen LogP) is 8.51. The number of halogens is 9. The number of rotatable bonds is 13. The van der Waals surface area contributed by atoms with Crippen molar-refractivity contribution in [3.63, 3.8) is 0 Å². The lowest BCUT2D eigenvalue weighted by Crippen LogP contribution is -2.56. The van der Waals surface area contributed by atoms with E-state index in [2.05, 4.69) is 0 Å². The topological polar surface area (TPSA) is 58.6 Å². The maximum absolute atomic E-state index is 14.4. The van der Waals surface area contributed by atoms with Crippen LogP contribution in [0.2, 0.25) is 0 Å². The van der Waals surface area contributed by atoms with Crippen molar-refractivity contribution in [2.75, 3.05) is 19.7 Å². The molecule has 1 aliphatic rings. The van der Waals surface area contributed by atoms with Gasteiger partial charge in [0.2, 0.25) is 0 Å². The Balaban J connectivity index is 1.62. The molecule has 16 heteroatoms. The van der Waals surface area contributed by atoms with Gasteiger partial charge in [0, 0.05) is 23.4 Å². The molecule has 2 atom stereocenters. The zero-order valence-corrected chi connectivity index (χ0v) is 28.2. The third-order valence-corrected chi connectivity index (χ3v) is 11.7. The molecular formula is C35H31F9N2O3S2. The molecule has 1 fully saturated rings. The predicted molar refractivity (Wildman–Crippen MR) is 174 cm³/mol. The van der Waals surface area contributed by atoms with E-state index in [1.807, 2.05) is 36.4 Å². The minimum atomic E-state index is -5.28. The monoisotopic (exact) mass is 762 g/mol. The van der Waals surface area contributed by atoms with Gasteiger partial charge in [0.05, 0.1) is 29.9 Å². The van der Waals surface area contributed by atoms with E-state index in [1.54, 1.807) is 54.6 Å². The minimum Gasteiger partial charge on any atom is -0.375 e. The van der Waals surface area contributed by atoms with Gasteiger partial charge in [-0.3, -0.25) is 0 Å². The highest BCUT2D eigenvalue weighted by Gasteiger charge is 2.58. The molecule has 51 heavy (non-hydrogen) atoms. The van der Waals surface area contributed by atoms with Crippen LogP contribution in [-0.4, -0.2) is 55.6 Å². The summed E-state index contributed by atoms with van der Waals surface area (Å²) in [6, 6.07) is 27.4. The number of benzene rings is 4. The van der Waals surface area contributed by atoms with Crippen molar-refractivity contribution in [3.8, 4) is 0 Å². The molecule has 4 aromatic rings. The third-order valence-electron chi connectivity index (χ3n) is 8.38. The van der Waals surface area contributed by atoms with Crippen molar-refractivity contribution in [1.82, 2.24) is 9.03 Å². The van der Waals surface area contributed by atoms with E-state index in [0.29, 0.717) is 27.1 Å². The molecule has 1 aliphatic heterocycles. The fourth-order valence-electron chi connectivity index (χ4n) is 6.37. The maximum Gasteiger partial charge on any atom is 0.402 e. The molecule has 0 aliphatic carbocycles. The van der Waals surface area contributed by atoms with E-state index in [9.17, 15) is 47.9 Å². The second-order valence-corrected chi connectivity index (χ2v) is 15.3. The summed E-state index contributed by atoms with van der Waals surface area (Å²) in [5.74, 6) is -4.25. The third kappa shape index (κ3) is 9.09. The van der Waals surface area contributed by atoms with Gasteiger partial charge in [-0.2, -0.15) is 43.8 Å². The molecule has 274 valence electrons. The van der Waals surface area contributed by atoms with Crippen LogP contribution in [-0.2, 0) is 26.3 Å². The van der Waals surface area contributed by atoms with Gasteiger partial charge in [-0.15, -0.1) is 11.8 Å². The van der Waals surface area contributed by atoms with E-state index >= 15 is 0 Å². The molecule has 0 amide bonds. The van der Waals surface area contributed by atoms with Gasteiger partial charge >= 0.3 is 12.4 Å². The van der Waals surface area contributed by atoms with Crippen molar-refractivity contribution in [3.05, 3.63) is 143 Å². The Kier molecular flexibility index (Phi) is 11.5. The Morgan fingerprint density at radius 3 is 1.71 bits per heavy atom. The zero-order chi connectivity index (χ0) is 37.1. The normalized spacial score (nSPS) is 19.0. The molecule has 5 rings (SSSR count). The van der Waals surface area contributed by atoms with Crippen molar-refractivity contribution >= 4 is 22.0 Å². The Morgan fingerprint density at radius 1 is 0.745 bits per heavy atom. The van der Waals surface area contributed by atoms with Crippen LogP contribution < -0.4 is 4.72 Å². The van der Waals surface area contributed by atoms with Crippen molar-refractivity contribution in [2.24, 2.45) is 0 Å². The SMILES string of the molecule is O=S(=O)(NCC(F)(F)F)N1C[C@H](SC(c2ccccc2)(c2ccccc2)c2ccccc2)C[C@]1(COCc1cc(F)c(F)cc1F)CC(F)(F)F. The van der Waals surface area contributed by atoms with Crippen LogP contribution in [0.5, 0.6) is 0 Å². The van der Waals surface area contributed by atoms with E-state index in [4.69, 9.17) is 4.74 Å². The fraction of sp³-hybridized carbons (Fsp3) is 0.314. The maximum atomic E-state index is 14.4. The van der Waals surface area contributed by atoms with Crippen LogP contribution in [0, 0.1) is 17.5 Å². The molecule has 0 bridgehead atoms. The van der Waals surface area contributed by atoms with Crippen LogP contribution >= 0.6 is 11.8 Å². The second-order valence-electron chi connectivity index (χ2n) is 12.1. The molecule has 0 unspecified atom stereocenters. The van der Waals surface area contributed by atoms with Crippen molar-refractivity contribution in [1.29, 1.82) is 0 Å². The number of hydrogen-bond acceptors (Lipinski definition) is 4. The highest BCUT2D eigenvalue weighted by atomic mass is 32.2. The molecule has 0 aromatic heterocycles. The quantitative estimate of drug-likeness (QED) is 0.0844. The first-order valence-corrected chi connectivity index (χ1v) is 17.7. The molecule has 1 N–H and O–H groups in total. The molecule has 5 nitrogen and oxygen atoms in total. The van der Waals surface area contributed by atoms with Crippen LogP contribution in [0.4, 0.5) is 39.5 Å². The van der Waals surface area contributed by atoms with Crippen LogP contribution in [0.3, 0.4) is 0 Å². The number of nitrogens with one attached hydrogen (secondary N) is 1. The second kappa shape index (κ2) is 15.2. The van der Waals surface area contributed by atoms with E-state index in [0.717, 1.165) is 11.8 Å². The lowest BCUT2D eigenvalue weighted by Gasteiger charge is -2.38. The Morgan fingerprint density at radius 2 is 1.24 bits per heavy atom. The number of alkyl halides is 6. The van der Waals surface area contributed by atoms with Crippen LogP contribution in [0.1, 0.15) is 35.1 Å². The highest BCUT2D eigenvalue weighted by molar-refractivity contribution is 8.01. The van der Waals surface area contributed by atoms with Gasteiger partial charge in [0.15, 0.2) is 11.6 Å². The average molecular weight is 763 g/mol. The fourth-order valence-corrected chi connectivity index (χ4v) is 9.97. The summed E-state index contributed by atoms with van der Waals surface area (Å²) in [4.78, 5) is 0. The van der Waals surface area contributed by atoms with Crippen molar-refractivity contribution in [2.45, 2.75) is 47.3 Å². The van der Waals surface area contributed by atoms with Gasteiger partial charge < -0.3 is 4.74 Å². The minimum absolute atomic E-state index is 0.218. The summed E-state index contributed by atoms with van der Waals surface area (Å²) in [6.07, 6.45) is -12.5. The first-order valence-electron chi connectivity index (χ1n) is 15.4. The van der Waals surface area contributed by atoms with Gasteiger partial charge in [0.1, 0.15) is 12.4 Å². The summed E-state index contributed by atoms with van der Waals surface area (Å²) in [7, 11) is -5.28. The van der Waals surface area contributed by atoms with E-state index in [1.165, 1.54) is 4.72 Å². The number of nitrogens with zero attached hydrogens (tertiary/aromatic N) is 1. The van der Waals surface area contributed by atoms with Crippen molar-refractivity contribution < 1.29 is 52.7 Å². The number of ether oxygens (including phenoxy) is 1. The molecular weight excluding hydrogens is 732 g/mol. The van der Waals surface area contributed by atoms with Crippen LogP contribution in [0.25, 0.3) is 0 Å². The standard InChI is InChI=1S/C35H31F9N2O3S2/c36-29-17-31(38)30(37)16-24(29)20-49-23-32(21-33(39,40)41)18-28(19-46(32)51(47,48)45-22-34(42,43)44)50-35(25-10-4-1-5-11-25,26-12-6-2-7-13-26)27-14-8-3-9-15-27/h1-17,28,45H,18-23H2/t28-,32-/m1/s1. The number of thioether (sulfide) groups is 1. The molecule has 0 spiro atoms.